The molecule has 1 aromatic heterocycles. The Morgan fingerprint density at radius 3 is 2.75 bits per heavy atom. The number of rotatable bonds is 4. The number of para-hydroxylation sites is 1. The molecular weight excluding hydrogens is 252 g/mol. The number of hydrogen-bond donors (Lipinski definition) is 1. The van der Waals surface area contributed by atoms with Crippen LogP contribution in [0.4, 0.5) is 0 Å². The van der Waals surface area contributed by atoms with E-state index in [0.717, 1.165) is 23.8 Å². The summed E-state index contributed by atoms with van der Waals surface area (Å²) in [4.78, 5) is 14.6. The lowest BCUT2D eigenvalue weighted by atomic mass is 10.2. The molecule has 1 saturated carbocycles. The monoisotopic (exact) mass is 272 g/mol. The molecule has 4 heteroatoms. The SMILES string of the molecule is NCCN(C(=O)c1cc2ccccc2o1)C1CCCC1. The predicted molar refractivity (Wildman–Crippen MR) is 78.6 cm³/mol. The first-order valence-corrected chi connectivity index (χ1v) is 7.29. The second kappa shape index (κ2) is 5.67. The zero-order valence-corrected chi connectivity index (χ0v) is 11.5. The van der Waals surface area contributed by atoms with E-state index in [1.54, 1.807) is 0 Å². The molecule has 1 heterocycles. The van der Waals surface area contributed by atoms with Crippen molar-refractivity contribution < 1.29 is 9.21 Å². The molecule has 1 aliphatic carbocycles. The normalized spacial score (nSPS) is 15.8. The van der Waals surface area contributed by atoms with Gasteiger partial charge in [-0.2, -0.15) is 0 Å². The summed E-state index contributed by atoms with van der Waals surface area (Å²) in [6, 6.07) is 9.85. The third kappa shape index (κ3) is 2.43. The number of nitrogens with zero attached hydrogens (tertiary/aromatic N) is 1. The van der Waals surface area contributed by atoms with E-state index >= 15 is 0 Å². The van der Waals surface area contributed by atoms with Crippen LogP contribution in [0.25, 0.3) is 11.0 Å². The summed E-state index contributed by atoms with van der Waals surface area (Å²) < 4.78 is 5.68. The van der Waals surface area contributed by atoms with Gasteiger partial charge >= 0.3 is 0 Å². The van der Waals surface area contributed by atoms with Crippen molar-refractivity contribution in [3.8, 4) is 0 Å². The summed E-state index contributed by atoms with van der Waals surface area (Å²) in [7, 11) is 0. The molecule has 0 unspecified atom stereocenters. The quantitative estimate of drug-likeness (QED) is 0.931. The predicted octanol–water partition coefficient (Wildman–Crippen LogP) is 2.78. The minimum absolute atomic E-state index is 0.0291. The lowest BCUT2D eigenvalue weighted by Gasteiger charge is -2.27. The summed E-state index contributed by atoms with van der Waals surface area (Å²) in [5.74, 6) is 0.394. The topological polar surface area (TPSA) is 59.5 Å². The van der Waals surface area contributed by atoms with Crippen molar-refractivity contribution in [1.82, 2.24) is 4.90 Å². The zero-order chi connectivity index (χ0) is 13.9. The molecule has 1 amide bonds. The van der Waals surface area contributed by atoms with Crippen LogP contribution in [0.1, 0.15) is 36.2 Å². The molecule has 0 saturated heterocycles. The highest BCUT2D eigenvalue weighted by Gasteiger charge is 2.28. The first-order chi connectivity index (χ1) is 9.79. The summed E-state index contributed by atoms with van der Waals surface area (Å²) in [6.07, 6.45) is 4.54. The molecule has 106 valence electrons. The van der Waals surface area contributed by atoms with Crippen LogP contribution < -0.4 is 5.73 Å². The lowest BCUT2D eigenvalue weighted by molar-refractivity contribution is 0.0658. The molecule has 2 aromatic rings. The molecule has 0 bridgehead atoms. The standard InChI is InChI=1S/C16H20N2O2/c17-9-10-18(13-6-2-3-7-13)16(19)15-11-12-5-1-4-8-14(12)20-15/h1,4-5,8,11,13H,2-3,6-7,9-10,17H2. The Morgan fingerprint density at radius 1 is 1.30 bits per heavy atom. The van der Waals surface area contributed by atoms with Gasteiger partial charge in [0.2, 0.25) is 0 Å². The van der Waals surface area contributed by atoms with E-state index in [1.807, 2.05) is 35.2 Å². The van der Waals surface area contributed by atoms with Crippen LogP contribution >= 0.6 is 0 Å². The number of amides is 1. The Morgan fingerprint density at radius 2 is 2.05 bits per heavy atom. The lowest BCUT2D eigenvalue weighted by Crippen LogP contribution is -2.41. The number of hydrogen-bond acceptors (Lipinski definition) is 3. The van der Waals surface area contributed by atoms with Gasteiger partial charge in [-0.05, 0) is 25.0 Å². The Bertz CT molecular complexity index is 566. The second-order valence-electron chi connectivity index (χ2n) is 5.37. The largest absolute Gasteiger partial charge is 0.451 e. The maximum Gasteiger partial charge on any atom is 0.289 e. The molecule has 1 aliphatic rings. The van der Waals surface area contributed by atoms with Crippen molar-refractivity contribution in [3.05, 3.63) is 36.1 Å². The molecule has 1 fully saturated rings. The van der Waals surface area contributed by atoms with Gasteiger partial charge < -0.3 is 15.1 Å². The fourth-order valence-electron chi connectivity index (χ4n) is 3.03. The molecule has 0 atom stereocenters. The summed E-state index contributed by atoms with van der Waals surface area (Å²) in [6.45, 7) is 1.09. The fraction of sp³-hybridized carbons (Fsp3) is 0.438. The van der Waals surface area contributed by atoms with E-state index in [0.29, 0.717) is 24.9 Å². The highest BCUT2D eigenvalue weighted by atomic mass is 16.3. The van der Waals surface area contributed by atoms with Crippen molar-refractivity contribution in [2.75, 3.05) is 13.1 Å². The van der Waals surface area contributed by atoms with E-state index in [1.165, 1.54) is 12.8 Å². The van der Waals surface area contributed by atoms with E-state index in [2.05, 4.69) is 0 Å². The van der Waals surface area contributed by atoms with Gasteiger partial charge in [0.1, 0.15) is 5.58 Å². The van der Waals surface area contributed by atoms with Gasteiger partial charge in [-0.1, -0.05) is 31.0 Å². The highest BCUT2D eigenvalue weighted by molar-refractivity contribution is 5.96. The van der Waals surface area contributed by atoms with Crippen LogP contribution in [-0.2, 0) is 0 Å². The molecule has 0 spiro atoms. The molecule has 0 radical (unpaired) electrons. The maximum atomic E-state index is 12.7. The Kier molecular flexibility index (Phi) is 3.74. The number of fused-ring (bicyclic) bond motifs is 1. The number of carbonyl (C=O) groups excluding carboxylic acids is 1. The molecule has 3 rings (SSSR count). The number of nitrogens with two attached hydrogens (primary N) is 1. The Labute approximate surface area is 118 Å². The Hall–Kier alpha value is -1.81. The van der Waals surface area contributed by atoms with Gasteiger partial charge in [-0.3, -0.25) is 4.79 Å². The molecular formula is C16H20N2O2. The van der Waals surface area contributed by atoms with Gasteiger partial charge in [0.15, 0.2) is 5.76 Å². The third-order valence-electron chi connectivity index (χ3n) is 4.03. The van der Waals surface area contributed by atoms with Crippen LogP contribution in [0.15, 0.2) is 34.7 Å². The van der Waals surface area contributed by atoms with Crippen LogP contribution in [0.3, 0.4) is 0 Å². The maximum absolute atomic E-state index is 12.7. The molecule has 1 aromatic carbocycles. The summed E-state index contributed by atoms with van der Waals surface area (Å²) in [5, 5.41) is 0.968. The number of benzene rings is 1. The van der Waals surface area contributed by atoms with Crippen molar-refractivity contribution >= 4 is 16.9 Å². The molecule has 2 N–H and O–H groups in total. The van der Waals surface area contributed by atoms with E-state index < -0.39 is 0 Å². The van der Waals surface area contributed by atoms with Crippen molar-refractivity contribution in [2.45, 2.75) is 31.7 Å². The minimum atomic E-state index is -0.0291. The average Bonchev–Trinajstić information content (AvgIpc) is 3.12. The minimum Gasteiger partial charge on any atom is -0.451 e. The van der Waals surface area contributed by atoms with E-state index in [9.17, 15) is 4.79 Å². The summed E-state index contributed by atoms with van der Waals surface area (Å²) in [5.41, 5.74) is 6.42. The molecule has 20 heavy (non-hydrogen) atoms. The third-order valence-corrected chi connectivity index (χ3v) is 4.03. The smallest absolute Gasteiger partial charge is 0.289 e. The van der Waals surface area contributed by atoms with Crippen LogP contribution in [0.5, 0.6) is 0 Å². The van der Waals surface area contributed by atoms with Gasteiger partial charge in [-0.25, -0.2) is 0 Å². The average molecular weight is 272 g/mol. The molecule has 0 aliphatic heterocycles. The van der Waals surface area contributed by atoms with Crippen molar-refractivity contribution in [2.24, 2.45) is 5.73 Å². The van der Waals surface area contributed by atoms with Crippen molar-refractivity contribution in [1.29, 1.82) is 0 Å². The highest BCUT2D eigenvalue weighted by Crippen LogP contribution is 2.26. The van der Waals surface area contributed by atoms with Crippen LogP contribution in [0.2, 0.25) is 0 Å². The Balaban J connectivity index is 1.87. The fourth-order valence-corrected chi connectivity index (χ4v) is 3.03. The zero-order valence-electron chi connectivity index (χ0n) is 11.5. The van der Waals surface area contributed by atoms with E-state index in [4.69, 9.17) is 10.2 Å². The number of furan rings is 1. The summed E-state index contributed by atoms with van der Waals surface area (Å²) >= 11 is 0. The van der Waals surface area contributed by atoms with Gasteiger partial charge in [0, 0.05) is 24.5 Å². The first kappa shape index (κ1) is 13.2. The van der Waals surface area contributed by atoms with E-state index in [-0.39, 0.29) is 5.91 Å². The van der Waals surface area contributed by atoms with Gasteiger partial charge in [-0.15, -0.1) is 0 Å². The second-order valence-corrected chi connectivity index (χ2v) is 5.37. The molecule has 4 nitrogen and oxygen atoms in total. The van der Waals surface area contributed by atoms with Crippen LogP contribution in [0, 0.1) is 0 Å². The van der Waals surface area contributed by atoms with Gasteiger partial charge in [0.25, 0.3) is 5.91 Å². The number of carbonyl (C=O) groups is 1. The van der Waals surface area contributed by atoms with Crippen LogP contribution in [-0.4, -0.2) is 29.9 Å². The first-order valence-electron chi connectivity index (χ1n) is 7.29. The van der Waals surface area contributed by atoms with Gasteiger partial charge in [0.05, 0.1) is 0 Å². The van der Waals surface area contributed by atoms with Crippen molar-refractivity contribution in [3.63, 3.8) is 0 Å².